The van der Waals surface area contributed by atoms with Gasteiger partial charge in [-0.05, 0) is 50.6 Å². The van der Waals surface area contributed by atoms with E-state index in [0.29, 0.717) is 5.41 Å². The van der Waals surface area contributed by atoms with E-state index in [1.165, 1.54) is 58.3 Å². The fraction of sp³-hybridized carbons (Fsp3) is 1.00. The predicted molar refractivity (Wildman–Crippen MR) is 76.4 cm³/mol. The van der Waals surface area contributed by atoms with Gasteiger partial charge < -0.3 is 10.2 Å². The molecule has 0 aromatic heterocycles. The summed E-state index contributed by atoms with van der Waals surface area (Å²) in [5.74, 6) is 0. The Hall–Kier alpha value is -0.0800. The molecule has 1 aliphatic carbocycles. The van der Waals surface area contributed by atoms with Gasteiger partial charge in [0.05, 0.1) is 0 Å². The molecular formula is C15H32N2. The van der Waals surface area contributed by atoms with Crippen molar-refractivity contribution in [3.8, 4) is 0 Å². The van der Waals surface area contributed by atoms with Gasteiger partial charge in [0.15, 0.2) is 0 Å². The molecule has 0 saturated heterocycles. The third kappa shape index (κ3) is 5.87. The minimum atomic E-state index is 0.451. The van der Waals surface area contributed by atoms with E-state index < -0.39 is 0 Å². The number of rotatable bonds is 10. The van der Waals surface area contributed by atoms with Crippen molar-refractivity contribution in [2.45, 2.75) is 65.8 Å². The largest absolute Gasteiger partial charge is 0.313 e. The van der Waals surface area contributed by atoms with E-state index >= 15 is 0 Å². The Labute approximate surface area is 108 Å². The van der Waals surface area contributed by atoms with Crippen LogP contribution in [0.4, 0.5) is 0 Å². The number of hydrogen-bond acceptors (Lipinski definition) is 2. The van der Waals surface area contributed by atoms with E-state index in [9.17, 15) is 0 Å². The first-order chi connectivity index (χ1) is 8.13. The van der Waals surface area contributed by atoms with Crippen molar-refractivity contribution in [2.24, 2.45) is 5.41 Å². The van der Waals surface area contributed by atoms with Gasteiger partial charge in [-0.1, -0.05) is 27.7 Å². The molecule has 2 heteroatoms. The van der Waals surface area contributed by atoms with Gasteiger partial charge in [-0.2, -0.15) is 0 Å². The summed E-state index contributed by atoms with van der Waals surface area (Å²) in [6.07, 6.45) is 6.61. The minimum Gasteiger partial charge on any atom is -0.313 e. The maximum absolute atomic E-state index is 3.71. The molecule has 0 aromatic rings. The fourth-order valence-corrected chi connectivity index (χ4v) is 2.41. The van der Waals surface area contributed by atoms with Crippen LogP contribution in [0.2, 0.25) is 0 Å². The zero-order valence-electron chi connectivity index (χ0n) is 12.4. The van der Waals surface area contributed by atoms with Crippen molar-refractivity contribution >= 4 is 0 Å². The van der Waals surface area contributed by atoms with E-state index in [4.69, 9.17) is 0 Å². The molecule has 0 bridgehead atoms. The highest BCUT2D eigenvalue weighted by molar-refractivity contribution is 4.86. The lowest BCUT2D eigenvalue weighted by atomic mass is 9.86. The van der Waals surface area contributed by atoms with E-state index in [1.54, 1.807) is 0 Å². The van der Waals surface area contributed by atoms with Crippen molar-refractivity contribution < 1.29 is 0 Å². The highest BCUT2D eigenvalue weighted by atomic mass is 15.1. The van der Waals surface area contributed by atoms with Crippen LogP contribution in [-0.4, -0.2) is 37.1 Å². The van der Waals surface area contributed by atoms with Crippen LogP contribution in [0.5, 0.6) is 0 Å². The maximum atomic E-state index is 3.71. The summed E-state index contributed by atoms with van der Waals surface area (Å²) in [6.45, 7) is 14.3. The molecule has 1 rings (SSSR count). The number of nitrogens with zero attached hydrogens (tertiary/aromatic N) is 1. The highest BCUT2D eigenvalue weighted by Gasteiger charge is 2.28. The van der Waals surface area contributed by atoms with Crippen LogP contribution >= 0.6 is 0 Å². The lowest BCUT2D eigenvalue weighted by Crippen LogP contribution is -2.43. The molecule has 2 nitrogen and oxygen atoms in total. The van der Waals surface area contributed by atoms with Gasteiger partial charge in [-0.15, -0.1) is 0 Å². The van der Waals surface area contributed by atoms with Gasteiger partial charge in [0.1, 0.15) is 0 Å². The van der Waals surface area contributed by atoms with Crippen LogP contribution in [0.25, 0.3) is 0 Å². The van der Waals surface area contributed by atoms with Gasteiger partial charge in [0.2, 0.25) is 0 Å². The van der Waals surface area contributed by atoms with Gasteiger partial charge in [-0.25, -0.2) is 0 Å². The van der Waals surface area contributed by atoms with Crippen LogP contribution in [-0.2, 0) is 0 Å². The predicted octanol–water partition coefficient (Wildman–Crippen LogP) is 3.28. The molecule has 1 N–H and O–H groups in total. The highest BCUT2D eigenvalue weighted by Crippen LogP contribution is 2.25. The molecule has 17 heavy (non-hydrogen) atoms. The Kier molecular flexibility index (Phi) is 6.50. The quantitative estimate of drug-likeness (QED) is 0.630. The molecule has 0 radical (unpaired) electrons. The Bertz CT molecular complexity index is 195. The maximum Gasteiger partial charge on any atom is 0.00684 e. The molecule has 0 aromatic carbocycles. The average molecular weight is 240 g/mol. The Morgan fingerprint density at radius 3 is 2.12 bits per heavy atom. The van der Waals surface area contributed by atoms with Crippen molar-refractivity contribution in [1.82, 2.24) is 10.2 Å². The second kappa shape index (κ2) is 7.38. The van der Waals surface area contributed by atoms with Crippen molar-refractivity contribution in [3.05, 3.63) is 0 Å². The summed E-state index contributed by atoms with van der Waals surface area (Å²) >= 11 is 0. The zero-order valence-corrected chi connectivity index (χ0v) is 12.4. The normalized spacial score (nSPS) is 19.6. The van der Waals surface area contributed by atoms with Crippen molar-refractivity contribution in [1.29, 1.82) is 0 Å². The SMILES string of the molecule is CCCN(CCC)CC(C)(CC)CNC1CC1. The lowest BCUT2D eigenvalue weighted by Gasteiger charge is -2.35. The topological polar surface area (TPSA) is 15.3 Å². The molecule has 102 valence electrons. The third-order valence-electron chi connectivity index (χ3n) is 3.93. The minimum absolute atomic E-state index is 0.451. The van der Waals surface area contributed by atoms with Crippen LogP contribution in [0.1, 0.15) is 59.8 Å². The molecule has 0 heterocycles. The average Bonchev–Trinajstić information content (AvgIpc) is 3.11. The number of nitrogens with one attached hydrogen (secondary N) is 1. The summed E-state index contributed by atoms with van der Waals surface area (Å²) in [5, 5.41) is 3.71. The first kappa shape index (κ1) is 15.0. The van der Waals surface area contributed by atoms with E-state index in [-0.39, 0.29) is 0 Å². The van der Waals surface area contributed by atoms with Gasteiger partial charge in [0, 0.05) is 19.1 Å². The summed E-state index contributed by atoms with van der Waals surface area (Å²) < 4.78 is 0. The molecule has 1 saturated carbocycles. The van der Waals surface area contributed by atoms with Crippen LogP contribution in [0, 0.1) is 5.41 Å². The first-order valence-electron chi connectivity index (χ1n) is 7.59. The van der Waals surface area contributed by atoms with E-state index in [2.05, 4.69) is 37.9 Å². The zero-order chi connectivity index (χ0) is 12.7. The lowest BCUT2D eigenvalue weighted by molar-refractivity contribution is 0.154. The van der Waals surface area contributed by atoms with E-state index in [0.717, 1.165) is 6.04 Å². The van der Waals surface area contributed by atoms with Gasteiger partial charge >= 0.3 is 0 Å². The fourth-order valence-electron chi connectivity index (χ4n) is 2.41. The third-order valence-corrected chi connectivity index (χ3v) is 3.93. The molecule has 0 amide bonds. The molecule has 1 atom stereocenters. The summed E-state index contributed by atoms with van der Waals surface area (Å²) in [7, 11) is 0. The Balaban J connectivity index is 2.38. The van der Waals surface area contributed by atoms with Crippen LogP contribution in [0.15, 0.2) is 0 Å². The molecule has 0 spiro atoms. The van der Waals surface area contributed by atoms with E-state index in [1.807, 2.05) is 0 Å². The summed E-state index contributed by atoms with van der Waals surface area (Å²) in [4.78, 5) is 2.65. The second-order valence-corrected chi connectivity index (χ2v) is 6.10. The summed E-state index contributed by atoms with van der Waals surface area (Å²) in [6, 6.07) is 0.840. The summed E-state index contributed by atoms with van der Waals surface area (Å²) in [5.41, 5.74) is 0.451. The first-order valence-corrected chi connectivity index (χ1v) is 7.59. The second-order valence-electron chi connectivity index (χ2n) is 6.10. The molecule has 1 unspecified atom stereocenters. The Morgan fingerprint density at radius 2 is 1.71 bits per heavy atom. The molecule has 1 aliphatic rings. The molecule has 1 fully saturated rings. The van der Waals surface area contributed by atoms with Gasteiger partial charge in [0.25, 0.3) is 0 Å². The van der Waals surface area contributed by atoms with Gasteiger partial charge in [-0.3, -0.25) is 0 Å². The van der Waals surface area contributed by atoms with Crippen LogP contribution in [0.3, 0.4) is 0 Å². The molecule has 0 aliphatic heterocycles. The van der Waals surface area contributed by atoms with Crippen molar-refractivity contribution in [3.63, 3.8) is 0 Å². The standard InChI is InChI=1S/C15H32N2/c1-5-10-17(11-6-2)13-15(4,7-3)12-16-14-8-9-14/h14,16H,5-13H2,1-4H3. The molecular weight excluding hydrogens is 208 g/mol. The van der Waals surface area contributed by atoms with Crippen LogP contribution < -0.4 is 5.32 Å². The monoisotopic (exact) mass is 240 g/mol. The number of hydrogen-bond donors (Lipinski definition) is 1. The smallest absolute Gasteiger partial charge is 0.00684 e. The Morgan fingerprint density at radius 1 is 1.12 bits per heavy atom. The van der Waals surface area contributed by atoms with Crippen molar-refractivity contribution in [2.75, 3.05) is 26.2 Å².